The molecular formula is C19H15ClN4O3. The Kier molecular flexibility index (Phi) is 4.08. The predicted molar refractivity (Wildman–Crippen MR) is 103 cm³/mol. The fraction of sp³-hybridized carbons (Fsp3) is 0.105. The van der Waals surface area contributed by atoms with Crippen molar-refractivity contribution in [1.29, 1.82) is 0 Å². The lowest BCUT2D eigenvalue weighted by atomic mass is 9.86. The quantitative estimate of drug-likeness (QED) is 0.436. The van der Waals surface area contributed by atoms with Crippen molar-refractivity contribution in [2.75, 3.05) is 0 Å². The number of H-pyrrole nitrogens is 3. The summed E-state index contributed by atoms with van der Waals surface area (Å²) in [4.78, 5) is 24.7. The summed E-state index contributed by atoms with van der Waals surface area (Å²) in [5, 5.41) is 24.0. The zero-order chi connectivity index (χ0) is 19.1. The first-order chi connectivity index (χ1) is 13.0. The monoisotopic (exact) mass is 382 g/mol. The molecule has 1 unspecified atom stereocenters. The highest BCUT2D eigenvalue weighted by molar-refractivity contribution is 6.30. The Hall–Kier alpha value is -3.32. The van der Waals surface area contributed by atoms with Gasteiger partial charge in [0.2, 0.25) is 0 Å². The number of fused-ring (bicyclic) bond motifs is 1. The van der Waals surface area contributed by atoms with Crippen LogP contribution in [0, 0.1) is 6.92 Å². The van der Waals surface area contributed by atoms with Crippen molar-refractivity contribution in [3.8, 4) is 5.75 Å². The van der Waals surface area contributed by atoms with Gasteiger partial charge in [0.1, 0.15) is 5.75 Å². The molecule has 0 amide bonds. The largest absolute Gasteiger partial charge is 0.508 e. The minimum Gasteiger partial charge on any atom is -0.508 e. The first kappa shape index (κ1) is 17.1. The molecule has 4 N–H and O–H groups in total. The highest BCUT2D eigenvalue weighted by Crippen LogP contribution is 2.38. The third-order valence-electron chi connectivity index (χ3n) is 4.60. The van der Waals surface area contributed by atoms with Crippen LogP contribution in [0.15, 0.2) is 52.1 Å². The van der Waals surface area contributed by atoms with E-state index in [0.717, 1.165) is 0 Å². The molecule has 0 saturated heterocycles. The zero-order valence-corrected chi connectivity index (χ0v) is 15.0. The van der Waals surface area contributed by atoms with Crippen LogP contribution in [0.25, 0.3) is 10.8 Å². The van der Waals surface area contributed by atoms with E-state index in [1.165, 1.54) is 6.07 Å². The summed E-state index contributed by atoms with van der Waals surface area (Å²) in [5.41, 5.74) is 1.17. The molecule has 2 aromatic heterocycles. The average Bonchev–Trinajstić information content (AvgIpc) is 2.99. The SMILES string of the molecule is Cc1[nH][nH]c(=O)c1C(c1cc(Cl)ccc1O)c1n[nH]c(=O)c2ccccc12. The summed E-state index contributed by atoms with van der Waals surface area (Å²) in [6.07, 6.45) is 0. The Morgan fingerprint density at radius 2 is 1.78 bits per heavy atom. The molecule has 4 aromatic rings. The van der Waals surface area contributed by atoms with Crippen LogP contribution in [-0.2, 0) is 0 Å². The molecule has 0 aliphatic heterocycles. The standard InChI is InChI=1S/C19H15ClN4O3/c1-9-15(19(27)24-21-9)16(13-8-10(20)6-7-14(13)25)17-11-4-2-3-5-12(11)18(26)23-22-17/h2-8,16,25H,1H3,(H,23,26)(H2,21,24,27). The number of hydrogen-bond acceptors (Lipinski definition) is 4. The normalized spacial score (nSPS) is 12.4. The number of aromatic amines is 3. The van der Waals surface area contributed by atoms with Gasteiger partial charge in [-0.2, -0.15) is 5.10 Å². The Labute approximate surface area is 157 Å². The van der Waals surface area contributed by atoms with Gasteiger partial charge in [0.25, 0.3) is 11.1 Å². The minimum absolute atomic E-state index is 0.0264. The molecular weight excluding hydrogens is 368 g/mol. The summed E-state index contributed by atoms with van der Waals surface area (Å²) >= 11 is 6.15. The van der Waals surface area contributed by atoms with E-state index in [4.69, 9.17) is 11.6 Å². The molecule has 0 spiro atoms. The van der Waals surface area contributed by atoms with E-state index >= 15 is 0 Å². The van der Waals surface area contributed by atoms with Gasteiger partial charge >= 0.3 is 0 Å². The molecule has 7 nitrogen and oxygen atoms in total. The maximum atomic E-state index is 12.5. The van der Waals surface area contributed by atoms with Crippen molar-refractivity contribution in [2.45, 2.75) is 12.8 Å². The number of aryl methyl sites for hydroxylation is 1. The van der Waals surface area contributed by atoms with Crippen molar-refractivity contribution in [1.82, 2.24) is 20.4 Å². The van der Waals surface area contributed by atoms with E-state index in [1.54, 1.807) is 43.3 Å². The molecule has 2 heterocycles. The molecule has 0 radical (unpaired) electrons. The molecule has 0 aliphatic carbocycles. The summed E-state index contributed by atoms with van der Waals surface area (Å²) in [7, 11) is 0. The van der Waals surface area contributed by atoms with Crippen LogP contribution in [0.4, 0.5) is 0 Å². The average molecular weight is 383 g/mol. The van der Waals surface area contributed by atoms with Gasteiger partial charge in [-0.1, -0.05) is 29.8 Å². The second-order valence-electron chi connectivity index (χ2n) is 6.24. The van der Waals surface area contributed by atoms with E-state index in [2.05, 4.69) is 20.4 Å². The molecule has 27 heavy (non-hydrogen) atoms. The van der Waals surface area contributed by atoms with E-state index < -0.39 is 5.92 Å². The number of benzene rings is 2. The number of phenolic OH excluding ortho intramolecular Hbond substituents is 1. The van der Waals surface area contributed by atoms with Gasteiger partial charge in [0, 0.05) is 21.7 Å². The van der Waals surface area contributed by atoms with Crippen LogP contribution in [0.5, 0.6) is 5.75 Å². The van der Waals surface area contributed by atoms with Gasteiger partial charge in [-0.05, 0) is 31.2 Å². The minimum atomic E-state index is -0.736. The molecule has 8 heteroatoms. The summed E-state index contributed by atoms with van der Waals surface area (Å²) in [5.74, 6) is -0.762. The predicted octanol–water partition coefficient (Wildman–Crippen LogP) is 2.79. The van der Waals surface area contributed by atoms with Gasteiger partial charge in [-0.15, -0.1) is 0 Å². The fourth-order valence-electron chi connectivity index (χ4n) is 3.36. The molecule has 2 aromatic carbocycles. The first-order valence-electron chi connectivity index (χ1n) is 8.20. The third kappa shape index (κ3) is 2.82. The topological polar surface area (TPSA) is 115 Å². The van der Waals surface area contributed by atoms with Crippen molar-refractivity contribution in [2.24, 2.45) is 0 Å². The van der Waals surface area contributed by atoms with Crippen LogP contribution in [0.2, 0.25) is 5.02 Å². The molecule has 0 fully saturated rings. The van der Waals surface area contributed by atoms with E-state index in [-0.39, 0.29) is 16.9 Å². The van der Waals surface area contributed by atoms with Crippen LogP contribution in [-0.4, -0.2) is 25.5 Å². The lowest BCUT2D eigenvalue weighted by molar-refractivity contribution is 0.466. The van der Waals surface area contributed by atoms with Crippen LogP contribution in [0.1, 0.15) is 28.4 Å². The number of halogens is 1. The Bertz CT molecular complexity index is 1270. The fourth-order valence-corrected chi connectivity index (χ4v) is 3.54. The number of nitrogens with zero attached hydrogens (tertiary/aromatic N) is 1. The Morgan fingerprint density at radius 3 is 2.48 bits per heavy atom. The van der Waals surface area contributed by atoms with Crippen molar-refractivity contribution >= 4 is 22.4 Å². The van der Waals surface area contributed by atoms with Crippen molar-refractivity contribution in [3.05, 3.63) is 90.7 Å². The van der Waals surface area contributed by atoms with Gasteiger partial charge < -0.3 is 10.2 Å². The van der Waals surface area contributed by atoms with Crippen molar-refractivity contribution in [3.63, 3.8) is 0 Å². The highest BCUT2D eigenvalue weighted by Gasteiger charge is 2.29. The van der Waals surface area contributed by atoms with E-state index in [9.17, 15) is 14.7 Å². The highest BCUT2D eigenvalue weighted by atomic mass is 35.5. The van der Waals surface area contributed by atoms with E-state index in [1.807, 2.05) is 0 Å². The van der Waals surface area contributed by atoms with E-state index in [0.29, 0.717) is 38.3 Å². The second kappa shape index (κ2) is 6.44. The van der Waals surface area contributed by atoms with Gasteiger partial charge in [-0.3, -0.25) is 14.7 Å². The van der Waals surface area contributed by atoms with Crippen LogP contribution >= 0.6 is 11.6 Å². The number of aromatic nitrogens is 4. The zero-order valence-electron chi connectivity index (χ0n) is 14.2. The van der Waals surface area contributed by atoms with Crippen LogP contribution in [0.3, 0.4) is 0 Å². The number of hydrogen-bond donors (Lipinski definition) is 4. The molecule has 4 rings (SSSR count). The molecule has 0 bridgehead atoms. The number of rotatable bonds is 3. The summed E-state index contributed by atoms with van der Waals surface area (Å²) < 4.78 is 0. The first-order valence-corrected chi connectivity index (χ1v) is 8.58. The Morgan fingerprint density at radius 1 is 1.04 bits per heavy atom. The maximum Gasteiger partial charge on any atom is 0.272 e. The molecule has 1 atom stereocenters. The molecule has 136 valence electrons. The van der Waals surface area contributed by atoms with Gasteiger partial charge in [0.05, 0.1) is 22.6 Å². The van der Waals surface area contributed by atoms with Crippen LogP contribution < -0.4 is 11.1 Å². The van der Waals surface area contributed by atoms with Gasteiger partial charge in [0.15, 0.2) is 0 Å². The lowest BCUT2D eigenvalue weighted by Gasteiger charge is -2.19. The maximum absolute atomic E-state index is 12.5. The molecule has 0 aliphatic rings. The van der Waals surface area contributed by atoms with Crippen molar-refractivity contribution < 1.29 is 5.11 Å². The smallest absolute Gasteiger partial charge is 0.272 e. The summed E-state index contributed by atoms with van der Waals surface area (Å²) in [6.45, 7) is 1.75. The third-order valence-corrected chi connectivity index (χ3v) is 4.84. The lowest BCUT2D eigenvalue weighted by Crippen LogP contribution is -2.19. The van der Waals surface area contributed by atoms with Gasteiger partial charge in [-0.25, -0.2) is 5.10 Å². The Balaban J connectivity index is 2.13. The molecule has 0 saturated carbocycles. The number of nitrogens with one attached hydrogen (secondary N) is 3. The summed E-state index contributed by atoms with van der Waals surface area (Å²) in [6, 6.07) is 11.6. The number of phenols is 1. The number of aromatic hydroxyl groups is 1. The second-order valence-corrected chi connectivity index (χ2v) is 6.67.